The van der Waals surface area contributed by atoms with E-state index < -0.39 is 5.41 Å². The van der Waals surface area contributed by atoms with Crippen molar-refractivity contribution in [3.8, 4) is 0 Å². The summed E-state index contributed by atoms with van der Waals surface area (Å²) in [5, 5.41) is 0.474. The Morgan fingerprint density at radius 3 is 2.55 bits per heavy atom. The van der Waals surface area contributed by atoms with Crippen LogP contribution < -0.4 is 5.73 Å². The Hall–Kier alpha value is -1.88. The fourth-order valence-corrected chi connectivity index (χ4v) is 2.92. The predicted octanol–water partition coefficient (Wildman–Crippen LogP) is 3.05. The SMILES string of the molecule is Cc1nc(N)sc1C(C)(C)C(=O)OCc1ccccc1. The predicted molar refractivity (Wildman–Crippen MR) is 80.5 cm³/mol. The molecule has 4 nitrogen and oxygen atoms in total. The third-order valence-electron chi connectivity index (χ3n) is 3.10. The molecule has 0 atom stereocenters. The molecule has 2 rings (SSSR count). The van der Waals surface area contributed by atoms with Gasteiger partial charge in [-0.25, -0.2) is 4.98 Å². The molecular weight excluding hydrogens is 272 g/mol. The maximum absolute atomic E-state index is 12.3. The molecule has 106 valence electrons. The quantitative estimate of drug-likeness (QED) is 0.879. The van der Waals surface area contributed by atoms with E-state index in [9.17, 15) is 4.79 Å². The number of anilines is 1. The number of hydrogen-bond donors (Lipinski definition) is 1. The maximum Gasteiger partial charge on any atom is 0.317 e. The van der Waals surface area contributed by atoms with Crippen LogP contribution in [-0.2, 0) is 21.6 Å². The van der Waals surface area contributed by atoms with Crippen molar-refractivity contribution < 1.29 is 9.53 Å². The summed E-state index contributed by atoms with van der Waals surface area (Å²) in [6, 6.07) is 9.62. The number of aryl methyl sites for hydroxylation is 1. The highest BCUT2D eigenvalue weighted by molar-refractivity contribution is 7.15. The molecule has 0 aliphatic carbocycles. The van der Waals surface area contributed by atoms with Crippen molar-refractivity contribution in [2.45, 2.75) is 32.8 Å². The molecule has 0 amide bonds. The minimum atomic E-state index is -0.742. The van der Waals surface area contributed by atoms with Gasteiger partial charge in [-0.05, 0) is 26.3 Å². The molecule has 0 spiro atoms. The Morgan fingerprint density at radius 1 is 1.35 bits per heavy atom. The Morgan fingerprint density at radius 2 is 2.00 bits per heavy atom. The molecule has 2 N–H and O–H groups in total. The van der Waals surface area contributed by atoms with Gasteiger partial charge in [-0.15, -0.1) is 11.3 Å². The summed E-state index contributed by atoms with van der Waals surface area (Å²) in [6.45, 7) is 5.80. The molecule has 1 aromatic carbocycles. The maximum atomic E-state index is 12.3. The third kappa shape index (κ3) is 2.99. The third-order valence-corrected chi connectivity index (χ3v) is 4.41. The van der Waals surface area contributed by atoms with Crippen LogP contribution in [0.2, 0.25) is 0 Å². The van der Waals surface area contributed by atoms with E-state index in [1.165, 1.54) is 11.3 Å². The topological polar surface area (TPSA) is 65.2 Å². The normalized spacial score (nSPS) is 11.3. The van der Waals surface area contributed by atoms with Crippen LogP contribution in [-0.4, -0.2) is 11.0 Å². The molecule has 1 aromatic heterocycles. The van der Waals surface area contributed by atoms with E-state index in [-0.39, 0.29) is 12.6 Å². The van der Waals surface area contributed by atoms with Crippen LogP contribution in [0.5, 0.6) is 0 Å². The second kappa shape index (κ2) is 5.63. The summed E-state index contributed by atoms with van der Waals surface area (Å²) in [5.41, 5.74) is 6.71. The van der Waals surface area contributed by atoms with Gasteiger partial charge in [0.05, 0.1) is 11.1 Å². The Balaban J connectivity index is 2.09. The lowest BCUT2D eigenvalue weighted by molar-refractivity contribution is -0.150. The number of esters is 1. The zero-order valence-electron chi connectivity index (χ0n) is 11.8. The van der Waals surface area contributed by atoms with Crippen molar-refractivity contribution in [3.05, 3.63) is 46.5 Å². The molecule has 20 heavy (non-hydrogen) atoms. The fourth-order valence-electron chi connectivity index (χ4n) is 1.99. The molecule has 0 radical (unpaired) electrons. The molecular formula is C15H18N2O2S. The summed E-state index contributed by atoms with van der Waals surface area (Å²) in [6.07, 6.45) is 0. The van der Waals surface area contributed by atoms with Crippen LogP contribution in [0.25, 0.3) is 0 Å². The van der Waals surface area contributed by atoms with E-state index in [2.05, 4.69) is 4.98 Å². The standard InChI is InChI=1S/C15H18N2O2S/c1-10-12(20-14(16)17-10)15(2,3)13(18)19-9-11-7-5-4-6-8-11/h4-8H,9H2,1-3H3,(H2,16,17). The monoisotopic (exact) mass is 290 g/mol. The lowest BCUT2D eigenvalue weighted by atomic mass is 9.90. The number of nitrogen functional groups attached to an aromatic ring is 1. The average molecular weight is 290 g/mol. The van der Waals surface area contributed by atoms with Gasteiger partial charge in [0.1, 0.15) is 6.61 Å². The largest absolute Gasteiger partial charge is 0.460 e. The van der Waals surface area contributed by atoms with Crippen molar-refractivity contribution in [1.82, 2.24) is 4.98 Å². The summed E-state index contributed by atoms with van der Waals surface area (Å²) in [7, 11) is 0. The highest BCUT2D eigenvalue weighted by atomic mass is 32.1. The van der Waals surface area contributed by atoms with Crippen molar-refractivity contribution in [3.63, 3.8) is 0 Å². The van der Waals surface area contributed by atoms with Crippen LogP contribution >= 0.6 is 11.3 Å². The first kappa shape index (κ1) is 14.5. The van der Waals surface area contributed by atoms with Crippen molar-refractivity contribution in [2.75, 3.05) is 5.73 Å². The Bertz CT molecular complexity index is 606. The van der Waals surface area contributed by atoms with Crippen molar-refractivity contribution in [1.29, 1.82) is 0 Å². The van der Waals surface area contributed by atoms with E-state index in [1.807, 2.05) is 51.1 Å². The first-order valence-electron chi connectivity index (χ1n) is 6.36. The van der Waals surface area contributed by atoms with E-state index in [0.717, 1.165) is 16.1 Å². The van der Waals surface area contributed by atoms with Crippen LogP contribution in [0, 0.1) is 6.92 Å². The molecule has 2 aromatic rings. The fraction of sp³-hybridized carbons (Fsp3) is 0.333. The summed E-state index contributed by atoms with van der Waals surface area (Å²) >= 11 is 1.34. The number of aromatic nitrogens is 1. The van der Waals surface area contributed by atoms with Crippen LogP contribution in [0.3, 0.4) is 0 Å². The number of hydrogen-bond acceptors (Lipinski definition) is 5. The minimum absolute atomic E-state index is 0.270. The first-order chi connectivity index (χ1) is 9.41. The lowest BCUT2D eigenvalue weighted by Crippen LogP contribution is -2.30. The van der Waals surface area contributed by atoms with E-state index in [4.69, 9.17) is 10.5 Å². The first-order valence-corrected chi connectivity index (χ1v) is 7.17. The van der Waals surface area contributed by atoms with E-state index >= 15 is 0 Å². The second-order valence-electron chi connectivity index (χ2n) is 5.15. The number of thiazole rings is 1. The molecule has 0 saturated carbocycles. The number of nitrogens with zero attached hydrogens (tertiary/aromatic N) is 1. The van der Waals surface area contributed by atoms with Gasteiger partial charge >= 0.3 is 5.97 Å². The van der Waals surface area contributed by atoms with Crippen LogP contribution in [0.4, 0.5) is 5.13 Å². The number of ether oxygens (including phenoxy) is 1. The van der Waals surface area contributed by atoms with E-state index in [0.29, 0.717) is 5.13 Å². The van der Waals surface area contributed by atoms with Crippen LogP contribution in [0.15, 0.2) is 30.3 Å². The highest BCUT2D eigenvalue weighted by Gasteiger charge is 2.35. The lowest BCUT2D eigenvalue weighted by Gasteiger charge is -2.21. The Kier molecular flexibility index (Phi) is 4.09. The molecule has 0 aliphatic rings. The number of benzene rings is 1. The smallest absolute Gasteiger partial charge is 0.317 e. The van der Waals surface area contributed by atoms with E-state index in [1.54, 1.807) is 0 Å². The molecule has 0 bridgehead atoms. The van der Waals surface area contributed by atoms with Crippen molar-refractivity contribution >= 4 is 22.4 Å². The van der Waals surface area contributed by atoms with Gasteiger partial charge in [-0.2, -0.15) is 0 Å². The van der Waals surface area contributed by atoms with Gasteiger partial charge in [0.25, 0.3) is 0 Å². The molecule has 1 heterocycles. The van der Waals surface area contributed by atoms with Gasteiger partial charge in [-0.1, -0.05) is 30.3 Å². The second-order valence-corrected chi connectivity index (χ2v) is 6.18. The minimum Gasteiger partial charge on any atom is -0.460 e. The zero-order chi connectivity index (χ0) is 14.8. The molecule has 0 fully saturated rings. The summed E-state index contributed by atoms with van der Waals surface area (Å²) in [4.78, 5) is 17.3. The number of carbonyl (C=O) groups excluding carboxylic acids is 1. The molecule has 5 heteroatoms. The molecule has 0 aliphatic heterocycles. The van der Waals surface area contributed by atoms with Crippen molar-refractivity contribution in [2.24, 2.45) is 0 Å². The van der Waals surface area contributed by atoms with Gasteiger partial charge in [0.15, 0.2) is 5.13 Å². The van der Waals surface area contributed by atoms with Gasteiger partial charge in [-0.3, -0.25) is 4.79 Å². The highest BCUT2D eigenvalue weighted by Crippen LogP contribution is 2.34. The average Bonchev–Trinajstić information content (AvgIpc) is 2.77. The summed E-state index contributed by atoms with van der Waals surface area (Å²) in [5.74, 6) is -0.270. The zero-order valence-corrected chi connectivity index (χ0v) is 12.7. The van der Waals surface area contributed by atoms with Gasteiger partial charge < -0.3 is 10.5 Å². The number of rotatable bonds is 4. The molecule has 0 unspecified atom stereocenters. The number of carbonyl (C=O) groups is 1. The number of nitrogens with two attached hydrogens (primary N) is 1. The van der Waals surface area contributed by atoms with Gasteiger partial charge in [0.2, 0.25) is 0 Å². The van der Waals surface area contributed by atoms with Crippen LogP contribution in [0.1, 0.15) is 30.0 Å². The Labute approximate surface area is 122 Å². The molecule has 0 saturated heterocycles. The van der Waals surface area contributed by atoms with Gasteiger partial charge in [0, 0.05) is 4.88 Å². The summed E-state index contributed by atoms with van der Waals surface area (Å²) < 4.78 is 5.41.